The van der Waals surface area contributed by atoms with Crippen molar-refractivity contribution in [3.8, 4) is 5.75 Å². The van der Waals surface area contributed by atoms with Crippen molar-refractivity contribution in [2.24, 2.45) is 0 Å². The van der Waals surface area contributed by atoms with Crippen LogP contribution in [0.3, 0.4) is 0 Å². The van der Waals surface area contributed by atoms with E-state index in [1.807, 2.05) is 6.92 Å². The SMILES string of the molecule is CC(=O)c1cc2[nH]c(C)c(C(=O)N3CCOCC3)c2c(CN2CCCCC2)c1O. The van der Waals surface area contributed by atoms with Gasteiger partial charge < -0.3 is 19.7 Å². The third-order valence-electron chi connectivity index (χ3n) is 6.07. The number of rotatable bonds is 4. The number of aromatic nitrogens is 1. The molecule has 0 saturated carbocycles. The minimum atomic E-state index is -0.183. The second kappa shape index (κ2) is 8.16. The molecule has 7 heteroatoms. The van der Waals surface area contributed by atoms with Crippen LogP contribution >= 0.6 is 0 Å². The number of H-pyrrole nitrogens is 1. The molecule has 2 saturated heterocycles. The summed E-state index contributed by atoms with van der Waals surface area (Å²) >= 11 is 0. The number of aromatic amines is 1. The molecule has 3 heterocycles. The fourth-order valence-electron chi connectivity index (χ4n) is 4.52. The van der Waals surface area contributed by atoms with Gasteiger partial charge in [0.1, 0.15) is 5.75 Å². The van der Waals surface area contributed by atoms with Gasteiger partial charge in [0.05, 0.1) is 24.3 Å². The van der Waals surface area contributed by atoms with Gasteiger partial charge in [0.2, 0.25) is 0 Å². The lowest BCUT2D eigenvalue weighted by molar-refractivity contribution is 0.0303. The molecule has 0 radical (unpaired) electrons. The number of benzene rings is 1. The number of carbonyl (C=O) groups excluding carboxylic acids is 2. The van der Waals surface area contributed by atoms with Crippen molar-refractivity contribution in [1.29, 1.82) is 0 Å². The number of phenolic OH excluding ortho intramolecular Hbond substituents is 1. The fraction of sp³-hybridized carbons (Fsp3) is 0.545. The Hall–Kier alpha value is -2.38. The van der Waals surface area contributed by atoms with Gasteiger partial charge in [-0.3, -0.25) is 14.5 Å². The Kier molecular flexibility index (Phi) is 5.61. The maximum Gasteiger partial charge on any atom is 0.256 e. The molecule has 1 amide bonds. The summed E-state index contributed by atoms with van der Waals surface area (Å²) in [7, 11) is 0. The van der Waals surface area contributed by atoms with Crippen molar-refractivity contribution < 1.29 is 19.4 Å². The number of aromatic hydroxyl groups is 1. The van der Waals surface area contributed by atoms with E-state index in [0.717, 1.165) is 42.5 Å². The van der Waals surface area contributed by atoms with Gasteiger partial charge in [-0.25, -0.2) is 0 Å². The normalized spacial score (nSPS) is 18.3. The van der Waals surface area contributed by atoms with Crippen molar-refractivity contribution in [3.63, 3.8) is 0 Å². The Bertz CT molecular complexity index is 937. The molecule has 2 aliphatic heterocycles. The molecule has 4 rings (SSSR count). The summed E-state index contributed by atoms with van der Waals surface area (Å²) in [6.45, 7) is 7.98. The van der Waals surface area contributed by atoms with Crippen molar-refractivity contribution in [2.45, 2.75) is 39.7 Å². The zero-order valence-electron chi connectivity index (χ0n) is 17.2. The van der Waals surface area contributed by atoms with Gasteiger partial charge in [0.15, 0.2) is 5.78 Å². The number of fused-ring (bicyclic) bond motifs is 1. The van der Waals surface area contributed by atoms with E-state index in [9.17, 15) is 14.7 Å². The molecule has 1 aromatic heterocycles. The average Bonchev–Trinajstić information content (AvgIpc) is 3.06. The third kappa shape index (κ3) is 3.76. The van der Waals surface area contributed by atoms with Crippen LogP contribution < -0.4 is 0 Å². The number of carbonyl (C=O) groups is 2. The van der Waals surface area contributed by atoms with Crippen LogP contribution in [0.5, 0.6) is 5.75 Å². The molecule has 0 spiro atoms. The molecule has 0 bridgehead atoms. The van der Waals surface area contributed by atoms with Gasteiger partial charge in [-0.2, -0.15) is 0 Å². The lowest BCUT2D eigenvalue weighted by Gasteiger charge is -2.28. The molecule has 1 aromatic carbocycles. The minimum Gasteiger partial charge on any atom is -0.507 e. The molecule has 2 aliphatic rings. The van der Waals surface area contributed by atoms with E-state index in [2.05, 4.69) is 9.88 Å². The summed E-state index contributed by atoms with van der Waals surface area (Å²) in [4.78, 5) is 32.9. The molecule has 29 heavy (non-hydrogen) atoms. The predicted molar refractivity (Wildman–Crippen MR) is 111 cm³/mol. The van der Waals surface area contributed by atoms with E-state index in [0.29, 0.717) is 49.5 Å². The summed E-state index contributed by atoms with van der Waals surface area (Å²) in [5.74, 6) is -0.227. The lowest BCUT2D eigenvalue weighted by atomic mass is 9.97. The second-order valence-electron chi connectivity index (χ2n) is 8.10. The lowest BCUT2D eigenvalue weighted by Crippen LogP contribution is -2.41. The molecule has 156 valence electrons. The van der Waals surface area contributed by atoms with Gasteiger partial charge in [-0.1, -0.05) is 6.42 Å². The quantitative estimate of drug-likeness (QED) is 0.772. The van der Waals surface area contributed by atoms with E-state index in [-0.39, 0.29) is 17.4 Å². The van der Waals surface area contributed by atoms with Crippen LogP contribution in [0.2, 0.25) is 0 Å². The van der Waals surface area contributed by atoms with Crippen LogP contribution in [0.4, 0.5) is 0 Å². The van der Waals surface area contributed by atoms with E-state index >= 15 is 0 Å². The maximum absolute atomic E-state index is 13.4. The van der Waals surface area contributed by atoms with E-state index < -0.39 is 0 Å². The smallest absolute Gasteiger partial charge is 0.256 e. The zero-order chi connectivity index (χ0) is 20.5. The number of nitrogens with zero attached hydrogens (tertiary/aromatic N) is 2. The predicted octanol–water partition coefficient (Wildman–Crippen LogP) is 2.84. The molecule has 2 aromatic rings. The topological polar surface area (TPSA) is 85.9 Å². The van der Waals surface area contributed by atoms with Crippen molar-refractivity contribution >= 4 is 22.6 Å². The Morgan fingerprint density at radius 1 is 1.14 bits per heavy atom. The summed E-state index contributed by atoms with van der Waals surface area (Å²) in [6, 6.07) is 1.68. The first-order valence-electron chi connectivity index (χ1n) is 10.4. The van der Waals surface area contributed by atoms with Crippen LogP contribution in [0.1, 0.15) is 58.2 Å². The molecule has 7 nitrogen and oxygen atoms in total. The van der Waals surface area contributed by atoms with E-state index in [4.69, 9.17) is 4.74 Å². The molecular weight excluding hydrogens is 370 g/mol. The van der Waals surface area contributed by atoms with Gasteiger partial charge in [-0.05, 0) is 45.8 Å². The summed E-state index contributed by atoms with van der Waals surface area (Å²) in [5.41, 5.74) is 3.07. The van der Waals surface area contributed by atoms with Crippen LogP contribution in [0, 0.1) is 6.92 Å². The van der Waals surface area contributed by atoms with E-state index in [1.165, 1.54) is 13.3 Å². The van der Waals surface area contributed by atoms with E-state index in [1.54, 1.807) is 11.0 Å². The van der Waals surface area contributed by atoms with Gasteiger partial charge in [0, 0.05) is 41.8 Å². The number of hydrogen-bond donors (Lipinski definition) is 2. The highest BCUT2D eigenvalue weighted by Gasteiger charge is 2.28. The zero-order valence-corrected chi connectivity index (χ0v) is 17.2. The van der Waals surface area contributed by atoms with Crippen molar-refractivity contribution in [3.05, 3.63) is 28.5 Å². The minimum absolute atomic E-state index is 0.00519. The standard InChI is InChI=1S/C22H29N3O4/c1-14-19(22(28)25-8-10-29-11-9-25)20-17(13-24-6-4-3-5-7-24)21(27)16(15(2)26)12-18(20)23-14/h12,23,27H,3-11,13H2,1-2H3. The second-order valence-corrected chi connectivity index (χ2v) is 8.10. The molecule has 0 unspecified atom stereocenters. The number of nitrogens with one attached hydrogen (secondary N) is 1. The summed E-state index contributed by atoms with van der Waals surface area (Å²) in [5, 5.41) is 11.8. The van der Waals surface area contributed by atoms with Crippen LogP contribution in [0.15, 0.2) is 6.07 Å². The number of hydrogen-bond acceptors (Lipinski definition) is 5. The number of ketones is 1. The molecule has 0 aliphatic carbocycles. The Morgan fingerprint density at radius 3 is 2.48 bits per heavy atom. The number of morpholine rings is 1. The third-order valence-corrected chi connectivity index (χ3v) is 6.07. The van der Waals surface area contributed by atoms with Crippen molar-refractivity contribution in [1.82, 2.24) is 14.8 Å². The monoisotopic (exact) mass is 399 g/mol. The van der Waals surface area contributed by atoms with Gasteiger partial charge >= 0.3 is 0 Å². The first kappa shape index (κ1) is 19.9. The Balaban J connectivity index is 1.85. The van der Waals surface area contributed by atoms with Gasteiger partial charge in [-0.15, -0.1) is 0 Å². The fourth-order valence-corrected chi connectivity index (χ4v) is 4.52. The number of amides is 1. The Morgan fingerprint density at radius 2 is 1.83 bits per heavy atom. The first-order valence-corrected chi connectivity index (χ1v) is 10.4. The summed E-state index contributed by atoms with van der Waals surface area (Å²) < 4.78 is 5.38. The number of Topliss-reactive ketones (excluding diaryl/α,β-unsaturated/α-hetero) is 1. The number of ether oxygens (including phenoxy) is 1. The van der Waals surface area contributed by atoms with Crippen LogP contribution in [-0.4, -0.2) is 71.0 Å². The molecule has 0 atom stereocenters. The van der Waals surface area contributed by atoms with Crippen LogP contribution in [-0.2, 0) is 11.3 Å². The van der Waals surface area contributed by atoms with Crippen molar-refractivity contribution in [2.75, 3.05) is 39.4 Å². The highest BCUT2D eigenvalue weighted by atomic mass is 16.5. The van der Waals surface area contributed by atoms with Crippen LogP contribution in [0.25, 0.3) is 10.9 Å². The number of aryl methyl sites for hydroxylation is 1. The number of likely N-dealkylation sites (tertiary alicyclic amines) is 1. The Labute approximate surface area is 170 Å². The molecule has 2 N–H and O–H groups in total. The summed E-state index contributed by atoms with van der Waals surface area (Å²) in [6.07, 6.45) is 3.47. The number of piperidine rings is 1. The maximum atomic E-state index is 13.4. The number of phenols is 1. The van der Waals surface area contributed by atoms with Gasteiger partial charge in [0.25, 0.3) is 5.91 Å². The largest absolute Gasteiger partial charge is 0.507 e. The highest BCUT2D eigenvalue weighted by molar-refractivity contribution is 6.12. The first-order chi connectivity index (χ1) is 14.0. The highest BCUT2D eigenvalue weighted by Crippen LogP contribution is 2.37. The average molecular weight is 399 g/mol. The molecular formula is C22H29N3O4. The molecule has 2 fully saturated rings.